The number of rotatable bonds is 2. The van der Waals surface area contributed by atoms with Crippen molar-refractivity contribution in [2.24, 2.45) is 0 Å². The van der Waals surface area contributed by atoms with E-state index in [0.717, 1.165) is 17.7 Å². The van der Waals surface area contributed by atoms with Crippen molar-refractivity contribution in [2.75, 3.05) is 11.5 Å². The van der Waals surface area contributed by atoms with Gasteiger partial charge in [0.05, 0.1) is 27.3 Å². The summed E-state index contributed by atoms with van der Waals surface area (Å²) in [5, 5.41) is 20.4. The molecule has 4 N–H and O–H groups in total. The van der Waals surface area contributed by atoms with Crippen LogP contribution in [0.1, 0.15) is 5.56 Å². The molecule has 0 bridgehead atoms. The quantitative estimate of drug-likeness (QED) is 0.497. The molecule has 22 heavy (non-hydrogen) atoms. The molecule has 0 amide bonds. The molecule has 0 aromatic heterocycles. The SMILES string of the molecule is Cc1ccc(N)c(N)c1.O=[N+]([O-])c1ccc(F)cc1[N+](=O)[O-]. The predicted molar refractivity (Wildman–Crippen MR) is 79.7 cm³/mol. The zero-order valence-electron chi connectivity index (χ0n) is 11.5. The summed E-state index contributed by atoms with van der Waals surface area (Å²) >= 11 is 0. The first-order valence-electron chi connectivity index (χ1n) is 5.92. The third-order valence-corrected chi connectivity index (χ3v) is 2.57. The maximum absolute atomic E-state index is 12.4. The second kappa shape index (κ2) is 6.97. The number of halogens is 1. The molecule has 0 radical (unpaired) electrons. The molecule has 0 atom stereocenters. The van der Waals surface area contributed by atoms with Gasteiger partial charge in [-0.3, -0.25) is 20.2 Å². The van der Waals surface area contributed by atoms with Gasteiger partial charge in [0.15, 0.2) is 0 Å². The summed E-state index contributed by atoms with van der Waals surface area (Å²) in [6, 6.07) is 7.67. The highest BCUT2D eigenvalue weighted by atomic mass is 19.1. The Morgan fingerprint density at radius 2 is 1.50 bits per heavy atom. The highest BCUT2D eigenvalue weighted by Gasteiger charge is 2.23. The summed E-state index contributed by atoms with van der Waals surface area (Å²) < 4.78 is 12.4. The fourth-order valence-corrected chi connectivity index (χ4v) is 1.49. The van der Waals surface area contributed by atoms with Crippen LogP contribution in [0.4, 0.5) is 27.1 Å². The number of nitrogens with zero attached hydrogens (tertiary/aromatic N) is 2. The largest absolute Gasteiger partial charge is 0.397 e. The van der Waals surface area contributed by atoms with E-state index in [2.05, 4.69) is 0 Å². The van der Waals surface area contributed by atoms with Gasteiger partial charge in [0.25, 0.3) is 0 Å². The molecule has 0 aliphatic rings. The van der Waals surface area contributed by atoms with Crippen molar-refractivity contribution in [3.8, 4) is 0 Å². The Bertz CT molecular complexity index is 721. The van der Waals surface area contributed by atoms with Crippen LogP contribution in [0, 0.1) is 33.0 Å². The van der Waals surface area contributed by atoms with Gasteiger partial charge in [-0.25, -0.2) is 4.39 Å². The highest BCUT2D eigenvalue weighted by molar-refractivity contribution is 5.63. The maximum Gasteiger partial charge on any atom is 0.348 e. The zero-order valence-corrected chi connectivity index (χ0v) is 11.5. The molecule has 2 aromatic rings. The minimum atomic E-state index is -0.999. The first kappa shape index (κ1) is 16.8. The van der Waals surface area contributed by atoms with E-state index in [1.54, 1.807) is 0 Å². The van der Waals surface area contributed by atoms with E-state index in [0.29, 0.717) is 17.4 Å². The minimum absolute atomic E-state index is 0.512. The predicted octanol–water partition coefficient (Wildman–Crippen LogP) is 2.80. The van der Waals surface area contributed by atoms with Crippen LogP contribution < -0.4 is 11.5 Å². The fraction of sp³-hybridized carbons (Fsp3) is 0.0769. The topological polar surface area (TPSA) is 138 Å². The first-order valence-corrected chi connectivity index (χ1v) is 5.92. The lowest BCUT2D eigenvalue weighted by molar-refractivity contribution is -0.422. The smallest absolute Gasteiger partial charge is 0.348 e. The third-order valence-electron chi connectivity index (χ3n) is 2.57. The number of hydrogen-bond acceptors (Lipinski definition) is 6. The molecule has 9 heteroatoms. The molecule has 0 unspecified atom stereocenters. The number of nitrogen functional groups attached to an aromatic ring is 2. The minimum Gasteiger partial charge on any atom is -0.397 e. The summed E-state index contributed by atoms with van der Waals surface area (Å²) in [4.78, 5) is 18.5. The highest BCUT2D eigenvalue weighted by Crippen LogP contribution is 2.26. The molecule has 0 heterocycles. The molecule has 2 aromatic carbocycles. The number of nitro groups is 2. The monoisotopic (exact) mass is 308 g/mol. The van der Waals surface area contributed by atoms with Crippen molar-refractivity contribution in [1.29, 1.82) is 0 Å². The Hall–Kier alpha value is -3.23. The van der Waals surface area contributed by atoms with E-state index < -0.39 is 27.0 Å². The molecular formula is C13H13FN4O4. The average molecular weight is 308 g/mol. The van der Waals surface area contributed by atoms with E-state index in [4.69, 9.17) is 11.5 Å². The third kappa shape index (κ3) is 4.40. The molecule has 0 saturated heterocycles. The molecule has 0 fully saturated rings. The van der Waals surface area contributed by atoms with E-state index in [9.17, 15) is 24.6 Å². The van der Waals surface area contributed by atoms with Crippen LogP contribution in [-0.2, 0) is 0 Å². The number of anilines is 2. The lowest BCUT2D eigenvalue weighted by Gasteiger charge is -1.98. The summed E-state index contributed by atoms with van der Waals surface area (Å²) in [7, 11) is 0. The van der Waals surface area contributed by atoms with Crippen LogP contribution in [-0.4, -0.2) is 9.85 Å². The Morgan fingerprint density at radius 3 is 1.95 bits per heavy atom. The number of hydrogen-bond donors (Lipinski definition) is 2. The van der Waals surface area contributed by atoms with E-state index in [-0.39, 0.29) is 0 Å². The van der Waals surface area contributed by atoms with E-state index in [1.165, 1.54) is 0 Å². The van der Waals surface area contributed by atoms with Crippen molar-refractivity contribution in [3.05, 3.63) is 68.0 Å². The Labute approximate surface area is 124 Å². The van der Waals surface area contributed by atoms with Gasteiger partial charge in [-0.2, -0.15) is 0 Å². The normalized spacial score (nSPS) is 9.55. The Morgan fingerprint density at radius 1 is 0.909 bits per heavy atom. The number of benzene rings is 2. The van der Waals surface area contributed by atoms with Crippen molar-refractivity contribution >= 4 is 22.7 Å². The summed E-state index contributed by atoms with van der Waals surface area (Å²) in [5.74, 6) is -0.878. The lowest BCUT2D eigenvalue weighted by atomic mass is 10.2. The Balaban J connectivity index is 0.000000235. The number of aryl methyl sites for hydroxylation is 1. The maximum atomic E-state index is 12.4. The zero-order chi connectivity index (χ0) is 16.9. The van der Waals surface area contributed by atoms with Gasteiger partial charge in [0.2, 0.25) is 0 Å². The second-order valence-electron chi connectivity index (χ2n) is 4.28. The summed E-state index contributed by atoms with van der Waals surface area (Å²) in [5.41, 5.74) is 11.9. The van der Waals surface area contributed by atoms with Crippen LogP contribution in [0.2, 0.25) is 0 Å². The van der Waals surface area contributed by atoms with Crippen molar-refractivity contribution in [3.63, 3.8) is 0 Å². The van der Waals surface area contributed by atoms with E-state index >= 15 is 0 Å². The number of nitro benzene ring substituents is 2. The molecule has 0 spiro atoms. The summed E-state index contributed by atoms with van der Waals surface area (Å²) in [6.45, 7) is 1.98. The number of nitrogens with two attached hydrogens (primary N) is 2. The van der Waals surface area contributed by atoms with Gasteiger partial charge in [-0.05, 0) is 30.7 Å². The van der Waals surface area contributed by atoms with Gasteiger partial charge >= 0.3 is 11.4 Å². The van der Waals surface area contributed by atoms with Crippen molar-refractivity contribution in [2.45, 2.75) is 6.92 Å². The van der Waals surface area contributed by atoms with Crippen LogP contribution >= 0.6 is 0 Å². The summed E-state index contributed by atoms with van der Waals surface area (Å²) in [6.07, 6.45) is 0. The standard InChI is InChI=1S/C7H10N2.C6H3FN2O4/c1-5-2-3-6(8)7(9)4-5;7-4-1-2-5(8(10)11)6(3-4)9(12)13/h2-4H,8-9H2,1H3;1-3H. The lowest BCUT2D eigenvalue weighted by Crippen LogP contribution is -1.96. The van der Waals surface area contributed by atoms with Crippen LogP contribution in [0.15, 0.2) is 36.4 Å². The first-order chi connectivity index (χ1) is 10.2. The molecule has 0 aliphatic carbocycles. The van der Waals surface area contributed by atoms with Crippen molar-refractivity contribution in [1.82, 2.24) is 0 Å². The fourth-order valence-electron chi connectivity index (χ4n) is 1.49. The molecule has 8 nitrogen and oxygen atoms in total. The van der Waals surface area contributed by atoms with Gasteiger partial charge in [-0.15, -0.1) is 0 Å². The molecule has 0 aliphatic heterocycles. The van der Waals surface area contributed by atoms with Gasteiger partial charge in [0, 0.05) is 6.07 Å². The second-order valence-corrected chi connectivity index (χ2v) is 4.28. The van der Waals surface area contributed by atoms with Crippen molar-refractivity contribution < 1.29 is 14.2 Å². The van der Waals surface area contributed by atoms with E-state index in [1.807, 2.05) is 25.1 Å². The molecule has 0 saturated carbocycles. The van der Waals surface area contributed by atoms with Gasteiger partial charge < -0.3 is 11.5 Å². The Kier molecular flexibility index (Phi) is 5.33. The molecule has 2 rings (SSSR count). The van der Waals surface area contributed by atoms with Crippen LogP contribution in [0.5, 0.6) is 0 Å². The average Bonchev–Trinajstić information content (AvgIpc) is 2.43. The molecule has 116 valence electrons. The van der Waals surface area contributed by atoms with Crippen LogP contribution in [0.25, 0.3) is 0 Å². The molecular weight excluding hydrogens is 295 g/mol. The van der Waals surface area contributed by atoms with Gasteiger partial charge in [-0.1, -0.05) is 6.07 Å². The van der Waals surface area contributed by atoms with Crippen LogP contribution in [0.3, 0.4) is 0 Å². The van der Waals surface area contributed by atoms with Gasteiger partial charge in [0.1, 0.15) is 5.82 Å².